The van der Waals surface area contributed by atoms with Gasteiger partial charge in [-0.15, -0.1) is 0 Å². The van der Waals surface area contributed by atoms with E-state index >= 15 is 0 Å². The number of anilines is 1. The molecule has 0 bridgehead atoms. The molecule has 2 aliphatic rings. The van der Waals surface area contributed by atoms with E-state index < -0.39 is 48.9 Å². The lowest BCUT2D eigenvalue weighted by molar-refractivity contribution is -0.119. The molecule has 2 aromatic heterocycles. The minimum Gasteiger partial charge on any atom is -0.424 e. The Morgan fingerprint density at radius 1 is 1.30 bits per heavy atom. The van der Waals surface area contributed by atoms with E-state index in [4.69, 9.17) is 29.0 Å². The van der Waals surface area contributed by atoms with Crippen LogP contribution in [0.25, 0.3) is 11.2 Å². The average molecular weight is 653 g/mol. The molecule has 18 heteroatoms. The van der Waals surface area contributed by atoms with Gasteiger partial charge < -0.3 is 25.1 Å². The molecule has 2 aliphatic heterocycles. The van der Waals surface area contributed by atoms with Crippen LogP contribution in [0.15, 0.2) is 41.5 Å². The largest absolute Gasteiger partial charge is 0.509 e. The van der Waals surface area contributed by atoms with Crippen molar-refractivity contribution in [3.05, 3.63) is 52.6 Å². The summed E-state index contributed by atoms with van der Waals surface area (Å²) in [5.41, 5.74) is 3.74. The first-order valence-corrected chi connectivity index (χ1v) is 16.1. The van der Waals surface area contributed by atoms with Gasteiger partial charge in [0, 0.05) is 12.3 Å². The summed E-state index contributed by atoms with van der Waals surface area (Å²) < 4.78 is 43.9. The van der Waals surface area contributed by atoms with Crippen molar-refractivity contribution in [2.75, 3.05) is 31.3 Å². The number of thioether (sulfide) groups is 1. The molecule has 5 atom stereocenters. The van der Waals surface area contributed by atoms with Gasteiger partial charge in [-0.3, -0.25) is 28.2 Å². The van der Waals surface area contributed by atoms with Gasteiger partial charge in [0.15, 0.2) is 34.2 Å². The Kier molecular flexibility index (Phi) is 9.18. The van der Waals surface area contributed by atoms with Crippen LogP contribution in [0, 0.1) is 5.41 Å². The number of rotatable bonds is 13. The maximum Gasteiger partial charge on any atom is 0.509 e. The fraction of sp³-hybridized carbons (Fsp3) is 0.500. The number of hydrogen-bond acceptors (Lipinski definition) is 14. The fourth-order valence-corrected chi connectivity index (χ4v) is 6.95. The predicted octanol–water partition coefficient (Wildman–Crippen LogP) is 2.10. The molecule has 5 N–H and O–H groups in total. The number of fused-ring (bicyclic) bond motifs is 2. The third kappa shape index (κ3) is 6.54. The first kappa shape index (κ1) is 32.1. The van der Waals surface area contributed by atoms with Crippen molar-refractivity contribution < 1.29 is 42.5 Å². The lowest BCUT2D eigenvalue weighted by atomic mass is 9.96. The number of benzene rings is 1. The number of aliphatic hydroxyl groups is 1. The third-order valence-corrected chi connectivity index (χ3v) is 9.92. The number of nitrogen functional groups attached to an aromatic ring is 1. The molecule has 2 unspecified atom stereocenters. The van der Waals surface area contributed by atoms with E-state index in [-0.39, 0.29) is 54.3 Å². The van der Waals surface area contributed by atoms with E-state index in [1.54, 1.807) is 20.8 Å². The molecule has 0 saturated carbocycles. The first-order valence-electron chi connectivity index (χ1n) is 13.6. The number of nitrogens with zero attached hydrogens (tertiary/aromatic N) is 3. The number of nitrogens with one attached hydrogen (secondary N) is 2. The molecule has 4 heterocycles. The summed E-state index contributed by atoms with van der Waals surface area (Å²) in [4.78, 5) is 47.6. The number of hydrogen-bond donors (Lipinski definition) is 4. The molecule has 16 nitrogen and oxygen atoms in total. The quantitative estimate of drug-likeness (QED) is 0.118. The van der Waals surface area contributed by atoms with Gasteiger partial charge in [-0.05, 0) is 26.3 Å². The molecule has 0 amide bonds. The Hall–Kier alpha value is -3.31. The van der Waals surface area contributed by atoms with Crippen LogP contribution < -0.4 is 16.4 Å². The molecule has 0 aliphatic carbocycles. The molecular formula is C26H33N6O10PS. The highest BCUT2D eigenvalue weighted by atomic mass is 32.2. The molecule has 2 saturated heterocycles. The number of carbonyl (C=O) groups is 2. The molecule has 3 aromatic rings. The summed E-state index contributed by atoms with van der Waals surface area (Å²) in [7, 11) is -4.03. The number of nitrogens with two attached hydrogens (primary N) is 1. The maximum atomic E-state index is 13.9. The SMILES string of the molecule is CC(C)(CO)C(=O)SCCOP(=O)(NCc1ccccc1)OC[C@H]1O[C@@H](n2cnc3c(=O)[nH]c(N)nc32)C2(C)OC(=O)O[C@@H]12. The summed E-state index contributed by atoms with van der Waals surface area (Å²) in [5, 5.41) is 12.0. The number of carbonyl (C=O) groups excluding carboxylic acids is 2. The van der Waals surface area contributed by atoms with Crippen LogP contribution in [0.2, 0.25) is 0 Å². The van der Waals surface area contributed by atoms with E-state index in [9.17, 15) is 24.1 Å². The van der Waals surface area contributed by atoms with E-state index in [1.165, 1.54) is 10.9 Å². The van der Waals surface area contributed by atoms with Crippen molar-refractivity contribution in [3.63, 3.8) is 0 Å². The summed E-state index contributed by atoms with van der Waals surface area (Å²) in [6.07, 6.45) is -2.71. The lowest BCUT2D eigenvalue weighted by Gasteiger charge is -2.26. The number of ether oxygens (including phenoxy) is 3. The summed E-state index contributed by atoms with van der Waals surface area (Å²) in [5.74, 6) is 0.00518. The molecule has 1 aromatic carbocycles. The summed E-state index contributed by atoms with van der Waals surface area (Å²) >= 11 is 0.945. The minimum absolute atomic E-state index is 0.00497. The second kappa shape index (κ2) is 12.6. The lowest BCUT2D eigenvalue weighted by Crippen LogP contribution is -2.42. The van der Waals surface area contributed by atoms with Gasteiger partial charge in [-0.25, -0.2) is 19.4 Å². The van der Waals surface area contributed by atoms with Crippen molar-refractivity contribution in [2.45, 2.75) is 51.4 Å². The fourth-order valence-electron chi connectivity index (χ4n) is 4.71. The van der Waals surface area contributed by atoms with E-state index in [0.29, 0.717) is 0 Å². The zero-order valence-electron chi connectivity index (χ0n) is 24.1. The number of imidazole rings is 1. The predicted molar refractivity (Wildman–Crippen MR) is 157 cm³/mol. The van der Waals surface area contributed by atoms with Gasteiger partial charge in [0.2, 0.25) is 5.95 Å². The second-order valence-electron chi connectivity index (χ2n) is 11.0. The number of aliphatic hydroxyl groups excluding tert-OH is 1. The standard InChI is InChI=1S/C26H33N6O10PS/c1-25(2,13-33)22(35)44-10-9-38-43(37,29-11-15-7-5-4-6-8-15)39-12-16-18-26(3,42-24(36)41-18)21(40-16)32-14-28-17-19(32)30-23(27)31-20(17)34/h4-8,14,16,18,21,33H,9-13H2,1-3H3,(H,29,37)(H3,27,30,31,34)/t16-,18+,21-,26?,43?/m1/s1. The van der Waals surface area contributed by atoms with Gasteiger partial charge in [0.1, 0.15) is 6.10 Å². The Bertz CT molecular complexity index is 1630. The molecule has 5 rings (SSSR count). The van der Waals surface area contributed by atoms with E-state index in [2.05, 4.69) is 20.0 Å². The van der Waals surface area contributed by atoms with Crippen LogP contribution in [0.3, 0.4) is 0 Å². The average Bonchev–Trinajstić information content (AvgIpc) is 3.62. The third-order valence-electron chi connectivity index (χ3n) is 7.18. The van der Waals surface area contributed by atoms with E-state index in [1.807, 2.05) is 30.3 Å². The monoisotopic (exact) mass is 652 g/mol. The molecule has 2 fully saturated rings. The van der Waals surface area contributed by atoms with Crippen molar-refractivity contribution >= 4 is 47.9 Å². The topological polar surface area (TPSA) is 219 Å². The molecule has 0 radical (unpaired) electrons. The van der Waals surface area contributed by atoms with E-state index in [0.717, 1.165) is 17.3 Å². The second-order valence-corrected chi connectivity index (χ2v) is 13.9. The van der Waals surface area contributed by atoms with Gasteiger partial charge in [-0.1, -0.05) is 42.1 Å². The highest BCUT2D eigenvalue weighted by molar-refractivity contribution is 8.13. The number of aromatic amines is 1. The Labute approximate surface area is 255 Å². The van der Waals surface area contributed by atoms with Crippen LogP contribution >= 0.6 is 19.5 Å². The Morgan fingerprint density at radius 3 is 2.77 bits per heavy atom. The summed E-state index contributed by atoms with van der Waals surface area (Å²) in [6.45, 7) is 4.17. The molecule has 44 heavy (non-hydrogen) atoms. The number of aromatic nitrogens is 4. The maximum absolute atomic E-state index is 13.9. The van der Waals surface area contributed by atoms with Crippen LogP contribution in [0.4, 0.5) is 10.7 Å². The van der Waals surface area contributed by atoms with Gasteiger partial charge in [-0.2, -0.15) is 4.98 Å². The summed E-state index contributed by atoms with van der Waals surface area (Å²) in [6, 6.07) is 9.15. The zero-order chi connectivity index (χ0) is 31.7. The highest BCUT2D eigenvalue weighted by Gasteiger charge is 2.64. The Balaban J connectivity index is 1.32. The minimum atomic E-state index is -4.03. The van der Waals surface area contributed by atoms with Crippen molar-refractivity contribution in [1.29, 1.82) is 0 Å². The first-order chi connectivity index (χ1) is 20.8. The number of H-pyrrole nitrogens is 1. The van der Waals surface area contributed by atoms with Crippen molar-refractivity contribution in [1.82, 2.24) is 24.6 Å². The van der Waals surface area contributed by atoms with Crippen LogP contribution in [-0.4, -0.2) is 79.3 Å². The Morgan fingerprint density at radius 2 is 2.05 bits per heavy atom. The molecular weight excluding hydrogens is 619 g/mol. The smallest absolute Gasteiger partial charge is 0.424 e. The normalized spacial score (nSPS) is 24.5. The molecule has 0 spiro atoms. The van der Waals surface area contributed by atoms with Crippen molar-refractivity contribution in [3.8, 4) is 0 Å². The molecule has 238 valence electrons. The van der Waals surface area contributed by atoms with Gasteiger partial charge in [0.05, 0.1) is 31.6 Å². The van der Waals surface area contributed by atoms with Crippen LogP contribution in [-0.2, 0) is 39.2 Å². The van der Waals surface area contributed by atoms with Crippen molar-refractivity contribution in [2.24, 2.45) is 5.41 Å². The van der Waals surface area contributed by atoms with Crippen LogP contribution in [0.1, 0.15) is 32.6 Å². The zero-order valence-corrected chi connectivity index (χ0v) is 25.8. The van der Waals surface area contributed by atoms with Crippen LogP contribution in [0.5, 0.6) is 0 Å². The highest BCUT2D eigenvalue weighted by Crippen LogP contribution is 2.50. The van der Waals surface area contributed by atoms with Gasteiger partial charge in [0.25, 0.3) is 5.56 Å². The van der Waals surface area contributed by atoms with Gasteiger partial charge >= 0.3 is 13.9 Å².